The standard InChI is InChI=1S/C3H5F3NO3S/c1-2(8)7-11(9,10)3(4,5)6/h2,7-8H,1H2. The van der Waals surface area contributed by atoms with Crippen LogP contribution in [0.15, 0.2) is 0 Å². The number of hydrogen-bond acceptors (Lipinski definition) is 3. The zero-order chi connectivity index (χ0) is 9.28. The van der Waals surface area contributed by atoms with Crippen molar-refractivity contribution in [2.24, 2.45) is 0 Å². The van der Waals surface area contributed by atoms with Gasteiger partial charge in [0.1, 0.15) is 6.23 Å². The Labute approximate surface area is 61.1 Å². The number of alkyl halides is 3. The van der Waals surface area contributed by atoms with Gasteiger partial charge in [-0.1, -0.05) is 0 Å². The van der Waals surface area contributed by atoms with E-state index in [1.807, 2.05) is 0 Å². The summed E-state index contributed by atoms with van der Waals surface area (Å²) in [4.78, 5) is 0. The maximum Gasteiger partial charge on any atom is 0.511 e. The van der Waals surface area contributed by atoms with Gasteiger partial charge in [-0.25, -0.2) is 8.42 Å². The largest absolute Gasteiger partial charge is 0.511 e. The van der Waals surface area contributed by atoms with E-state index in [-0.39, 0.29) is 0 Å². The molecule has 0 aliphatic carbocycles. The van der Waals surface area contributed by atoms with E-state index in [0.29, 0.717) is 0 Å². The van der Waals surface area contributed by atoms with Gasteiger partial charge in [-0.15, -0.1) is 0 Å². The fraction of sp³-hybridized carbons (Fsp3) is 0.667. The number of sulfonamides is 1. The molecule has 1 unspecified atom stereocenters. The Hall–Kier alpha value is -0.340. The zero-order valence-electron chi connectivity index (χ0n) is 5.09. The zero-order valence-corrected chi connectivity index (χ0v) is 5.91. The van der Waals surface area contributed by atoms with Gasteiger partial charge in [-0.2, -0.15) is 17.9 Å². The predicted octanol–water partition coefficient (Wildman–Crippen LogP) is -0.422. The first kappa shape index (κ1) is 10.7. The van der Waals surface area contributed by atoms with Gasteiger partial charge in [0.25, 0.3) is 0 Å². The molecule has 4 nitrogen and oxygen atoms in total. The first-order valence-electron chi connectivity index (χ1n) is 2.26. The molecule has 1 radical (unpaired) electrons. The summed E-state index contributed by atoms with van der Waals surface area (Å²) in [5.74, 6) is 0. The monoisotopic (exact) mass is 192 g/mol. The molecule has 8 heteroatoms. The van der Waals surface area contributed by atoms with E-state index >= 15 is 0 Å². The lowest BCUT2D eigenvalue weighted by molar-refractivity contribution is -0.0460. The summed E-state index contributed by atoms with van der Waals surface area (Å²) in [6.45, 7) is 2.60. The summed E-state index contributed by atoms with van der Waals surface area (Å²) >= 11 is 0. The third-order valence-corrected chi connectivity index (χ3v) is 1.79. The van der Waals surface area contributed by atoms with Crippen LogP contribution in [0.1, 0.15) is 0 Å². The summed E-state index contributed by atoms with van der Waals surface area (Å²) in [5.41, 5.74) is -5.41. The molecule has 0 saturated carbocycles. The summed E-state index contributed by atoms with van der Waals surface area (Å²) < 4.78 is 55.1. The summed E-state index contributed by atoms with van der Waals surface area (Å²) in [7, 11) is -5.46. The van der Waals surface area contributed by atoms with Crippen LogP contribution in [0.4, 0.5) is 13.2 Å². The summed E-state index contributed by atoms with van der Waals surface area (Å²) in [6, 6.07) is 0. The molecule has 2 N–H and O–H groups in total. The van der Waals surface area contributed by atoms with E-state index in [0.717, 1.165) is 4.72 Å². The minimum atomic E-state index is -5.46. The number of rotatable bonds is 2. The van der Waals surface area contributed by atoms with Crippen molar-refractivity contribution in [1.29, 1.82) is 0 Å². The van der Waals surface area contributed by atoms with Gasteiger partial charge >= 0.3 is 15.5 Å². The van der Waals surface area contributed by atoms with Crippen LogP contribution in [0.2, 0.25) is 0 Å². The van der Waals surface area contributed by atoms with Crippen LogP contribution in [0.5, 0.6) is 0 Å². The van der Waals surface area contributed by atoms with E-state index in [4.69, 9.17) is 5.11 Å². The van der Waals surface area contributed by atoms with Gasteiger partial charge in [0.15, 0.2) is 0 Å². The van der Waals surface area contributed by atoms with E-state index < -0.39 is 21.8 Å². The van der Waals surface area contributed by atoms with Gasteiger partial charge in [0.2, 0.25) is 0 Å². The highest BCUT2D eigenvalue weighted by Crippen LogP contribution is 2.21. The van der Waals surface area contributed by atoms with Crippen molar-refractivity contribution in [3.8, 4) is 0 Å². The number of aliphatic hydroxyl groups is 1. The Bertz CT molecular complexity index is 218. The molecule has 0 heterocycles. The number of aliphatic hydroxyl groups excluding tert-OH is 1. The van der Waals surface area contributed by atoms with Crippen LogP contribution >= 0.6 is 0 Å². The highest BCUT2D eigenvalue weighted by molar-refractivity contribution is 7.90. The van der Waals surface area contributed by atoms with E-state index in [2.05, 4.69) is 6.92 Å². The molecule has 0 fully saturated rings. The van der Waals surface area contributed by atoms with Crippen LogP contribution < -0.4 is 4.72 Å². The van der Waals surface area contributed by atoms with Crippen LogP contribution in [0.25, 0.3) is 0 Å². The van der Waals surface area contributed by atoms with E-state index in [9.17, 15) is 21.6 Å². The fourth-order valence-electron chi connectivity index (χ4n) is 0.246. The minimum Gasteiger partial charge on any atom is -0.378 e. The predicted molar refractivity (Wildman–Crippen MR) is 29.5 cm³/mol. The highest BCUT2D eigenvalue weighted by Gasteiger charge is 2.46. The first-order chi connectivity index (χ1) is 4.67. The van der Waals surface area contributed by atoms with Gasteiger partial charge in [-0.3, -0.25) is 0 Å². The van der Waals surface area contributed by atoms with Crippen molar-refractivity contribution in [2.45, 2.75) is 11.7 Å². The van der Waals surface area contributed by atoms with Crippen LogP contribution in [-0.2, 0) is 10.0 Å². The molecule has 0 rings (SSSR count). The average molecular weight is 192 g/mol. The molecule has 0 saturated heterocycles. The molecule has 0 aromatic heterocycles. The van der Waals surface area contributed by atoms with Crippen LogP contribution in [0, 0.1) is 6.92 Å². The molecule has 0 amide bonds. The molecular weight excluding hydrogens is 187 g/mol. The smallest absolute Gasteiger partial charge is 0.378 e. The van der Waals surface area contributed by atoms with Gasteiger partial charge < -0.3 is 5.11 Å². The maximum absolute atomic E-state index is 11.4. The second-order valence-corrected chi connectivity index (χ2v) is 3.29. The van der Waals surface area contributed by atoms with E-state index in [1.54, 1.807) is 0 Å². The van der Waals surface area contributed by atoms with Crippen molar-refractivity contribution >= 4 is 10.0 Å². The number of halogens is 3. The van der Waals surface area contributed by atoms with Gasteiger partial charge in [-0.05, 0) is 6.92 Å². The minimum absolute atomic E-state index is 0.851. The topological polar surface area (TPSA) is 66.4 Å². The lowest BCUT2D eigenvalue weighted by Gasteiger charge is -2.10. The molecule has 0 aromatic rings. The Morgan fingerprint density at radius 1 is 1.45 bits per heavy atom. The molecule has 67 valence electrons. The van der Waals surface area contributed by atoms with Gasteiger partial charge in [0, 0.05) is 0 Å². The molecule has 1 atom stereocenters. The van der Waals surface area contributed by atoms with Crippen molar-refractivity contribution in [3.63, 3.8) is 0 Å². The number of nitrogens with one attached hydrogen (secondary N) is 1. The third kappa shape index (κ3) is 3.04. The van der Waals surface area contributed by atoms with E-state index in [1.165, 1.54) is 0 Å². The van der Waals surface area contributed by atoms with Crippen molar-refractivity contribution in [2.75, 3.05) is 0 Å². The average Bonchev–Trinajstić information content (AvgIpc) is 1.56. The van der Waals surface area contributed by atoms with Crippen molar-refractivity contribution < 1.29 is 26.7 Å². The first-order valence-corrected chi connectivity index (χ1v) is 3.75. The van der Waals surface area contributed by atoms with Crippen LogP contribution in [-0.4, -0.2) is 25.3 Å². The highest BCUT2D eigenvalue weighted by atomic mass is 32.2. The van der Waals surface area contributed by atoms with Crippen LogP contribution in [0.3, 0.4) is 0 Å². The Morgan fingerprint density at radius 3 is 1.91 bits per heavy atom. The molecule has 0 bridgehead atoms. The second kappa shape index (κ2) is 2.95. The third-order valence-electron chi connectivity index (χ3n) is 0.596. The molecule has 0 aromatic carbocycles. The Morgan fingerprint density at radius 2 is 1.82 bits per heavy atom. The van der Waals surface area contributed by atoms with Gasteiger partial charge in [0.05, 0.1) is 0 Å². The molecule has 0 aliphatic heterocycles. The quantitative estimate of drug-likeness (QED) is 0.584. The SMILES string of the molecule is [CH2]C(O)NS(=O)(=O)C(F)(F)F. The maximum atomic E-state index is 11.4. The van der Waals surface area contributed by atoms with Crippen molar-refractivity contribution in [3.05, 3.63) is 6.92 Å². The second-order valence-electron chi connectivity index (χ2n) is 1.58. The summed E-state index contributed by atoms with van der Waals surface area (Å²) in [5, 5.41) is 8.15. The lowest BCUT2D eigenvalue weighted by atomic mass is 10.7. The number of hydrogen-bond donors (Lipinski definition) is 2. The lowest BCUT2D eigenvalue weighted by Crippen LogP contribution is -2.41. The molecule has 11 heavy (non-hydrogen) atoms. The molecule has 0 aliphatic rings. The molecular formula is C3H5F3NO3S. The van der Waals surface area contributed by atoms with Crippen molar-refractivity contribution in [1.82, 2.24) is 4.72 Å². The molecule has 0 spiro atoms. The fourth-order valence-corrected chi connectivity index (χ4v) is 0.738. The summed E-state index contributed by atoms with van der Waals surface area (Å²) in [6.07, 6.45) is -2.00. The Kier molecular flexibility index (Phi) is 2.86. The Balaban J connectivity index is 4.51. The normalized spacial score (nSPS) is 16.5.